The maximum absolute atomic E-state index is 12.9. The van der Waals surface area contributed by atoms with Crippen LogP contribution in [-0.4, -0.2) is 44.4 Å². The second-order valence-corrected chi connectivity index (χ2v) is 8.43. The van der Waals surface area contributed by atoms with Crippen molar-refractivity contribution in [2.45, 2.75) is 30.7 Å². The van der Waals surface area contributed by atoms with Gasteiger partial charge in [-0.05, 0) is 44.0 Å². The fraction of sp³-hybridized carbons (Fsp3) is 0.350. The summed E-state index contributed by atoms with van der Waals surface area (Å²) in [5, 5.41) is 2.79. The minimum absolute atomic E-state index is 0.222. The molecule has 1 aliphatic rings. The van der Waals surface area contributed by atoms with E-state index in [0.29, 0.717) is 32.5 Å². The number of ether oxygens (including phenoxy) is 1. The summed E-state index contributed by atoms with van der Waals surface area (Å²) in [6.07, 6.45) is 1.19. The molecular formula is C20H24N2O4S. The fourth-order valence-electron chi connectivity index (χ4n) is 3.11. The molecule has 144 valence electrons. The van der Waals surface area contributed by atoms with Gasteiger partial charge in [-0.25, -0.2) is 8.42 Å². The monoisotopic (exact) mass is 388 g/mol. The Labute approximate surface area is 160 Å². The summed E-state index contributed by atoms with van der Waals surface area (Å²) in [6.45, 7) is 2.91. The number of para-hydroxylation sites is 1. The third-order valence-corrected chi connectivity index (χ3v) is 6.47. The second kappa shape index (κ2) is 8.54. The summed E-state index contributed by atoms with van der Waals surface area (Å²) in [7, 11) is -3.68. The van der Waals surface area contributed by atoms with Crippen LogP contribution in [0.2, 0.25) is 0 Å². The number of carbonyl (C=O) groups is 1. The molecule has 0 spiro atoms. The first-order valence-corrected chi connectivity index (χ1v) is 10.5. The maximum atomic E-state index is 12.9. The Balaban J connectivity index is 1.58. The molecule has 3 rings (SSSR count). The molecule has 2 aromatic rings. The summed E-state index contributed by atoms with van der Waals surface area (Å²) < 4.78 is 32.7. The third-order valence-electron chi connectivity index (χ3n) is 4.55. The summed E-state index contributed by atoms with van der Waals surface area (Å²) >= 11 is 0. The van der Waals surface area contributed by atoms with Crippen LogP contribution in [0.25, 0.3) is 0 Å². The fourth-order valence-corrected chi connectivity index (χ4v) is 4.77. The van der Waals surface area contributed by atoms with Gasteiger partial charge in [-0.2, -0.15) is 4.31 Å². The van der Waals surface area contributed by atoms with E-state index in [-0.39, 0.29) is 10.8 Å². The molecule has 0 aliphatic carbocycles. The van der Waals surface area contributed by atoms with E-state index >= 15 is 0 Å². The van der Waals surface area contributed by atoms with Gasteiger partial charge in [0, 0.05) is 6.54 Å². The van der Waals surface area contributed by atoms with Crippen LogP contribution in [0, 0.1) is 6.92 Å². The summed E-state index contributed by atoms with van der Waals surface area (Å²) in [4.78, 5) is 12.7. The molecular weight excluding hydrogens is 364 g/mol. The standard InChI is InChI=1S/C20H24N2O4S/c1-16-9-11-18(12-10-16)27(24,25)22-14-5-8-19(22)20(23)21-13-15-26-17-6-3-2-4-7-17/h2-4,6-7,9-12,19H,5,8,13-15H2,1H3,(H,21,23). The zero-order valence-corrected chi connectivity index (χ0v) is 16.1. The van der Waals surface area contributed by atoms with Crippen molar-refractivity contribution in [1.82, 2.24) is 9.62 Å². The van der Waals surface area contributed by atoms with Crippen LogP contribution in [0.15, 0.2) is 59.5 Å². The van der Waals surface area contributed by atoms with Crippen LogP contribution in [-0.2, 0) is 14.8 Å². The van der Waals surface area contributed by atoms with Gasteiger partial charge in [0.1, 0.15) is 18.4 Å². The number of aryl methyl sites for hydroxylation is 1. The van der Waals surface area contributed by atoms with E-state index in [2.05, 4.69) is 5.32 Å². The lowest BCUT2D eigenvalue weighted by atomic mass is 10.2. The van der Waals surface area contributed by atoms with Crippen molar-refractivity contribution in [3.05, 3.63) is 60.2 Å². The molecule has 1 aliphatic heterocycles. The van der Waals surface area contributed by atoms with Crippen molar-refractivity contribution < 1.29 is 17.9 Å². The summed E-state index contributed by atoms with van der Waals surface area (Å²) in [6, 6.07) is 15.4. The molecule has 0 radical (unpaired) electrons. The number of hydrogen-bond acceptors (Lipinski definition) is 4. The molecule has 0 saturated carbocycles. The first kappa shape index (κ1) is 19.4. The van der Waals surface area contributed by atoms with E-state index in [0.717, 1.165) is 11.3 Å². The number of amides is 1. The predicted octanol–water partition coefficient (Wildman–Crippen LogP) is 2.34. The lowest BCUT2D eigenvalue weighted by Gasteiger charge is -2.23. The van der Waals surface area contributed by atoms with Gasteiger partial charge in [0.25, 0.3) is 0 Å². The largest absolute Gasteiger partial charge is 0.492 e. The molecule has 1 saturated heterocycles. The van der Waals surface area contributed by atoms with Crippen LogP contribution < -0.4 is 10.1 Å². The lowest BCUT2D eigenvalue weighted by molar-refractivity contribution is -0.124. The molecule has 1 amide bonds. The van der Waals surface area contributed by atoms with Crippen LogP contribution in [0.5, 0.6) is 5.75 Å². The lowest BCUT2D eigenvalue weighted by Crippen LogP contribution is -2.46. The first-order chi connectivity index (χ1) is 13.0. The normalized spacial score (nSPS) is 17.6. The predicted molar refractivity (Wildman–Crippen MR) is 103 cm³/mol. The molecule has 0 aromatic heterocycles. The zero-order chi connectivity index (χ0) is 19.3. The molecule has 1 unspecified atom stereocenters. The highest BCUT2D eigenvalue weighted by Gasteiger charge is 2.39. The van der Waals surface area contributed by atoms with Crippen molar-refractivity contribution in [2.75, 3.05) is 19.7 Å². The minimum atomic E-state index is -3.68. The number of carbonyl (C=O) groups excluding carboxylic acids is 1. The molecule has 1 heterocycles. The Hall–Kier alpha value is -2.38. The Morgan fingerprint density at radius 3 is 2.56 bits per heavy atom. The van der Waals surface area contributed by atoms with Gasteiger partial charge >= 0.3 is 0 Å². The number of rotatable bonds is 7. The van der Waals surface area contributed by atoms with E-state index in [9.17, 15) is 13.2 Å². The van der Waals surface area contributed by atoms with Gasteiger partial charge in [-0.3, -0.25) is 4.79 Å². The van der Waals surface area contributed by atoms with Gasteiger partial charge in [0.05, 0.1) is 11.4 Å². The maximum Gasteiger partial charge on any atom is 0.243 e. The average Bonchev–Trinajstić information content (AvgIpc) is 3.17. The molecule has 1 fully saturated rings. The Bertz CT molecular complexity index is 867. The van der Waals surface area contributed by atoms with Crippen LogP contribution in [0.4, 0.5) is 0 Å². The number of nitrogens with one attached hydrogen (secondary N) is 1. The average molecular weight is 388 g/mol. The van der Waals surface area contributed by atoms with E-state index < -0.39 is 16.1 Å². The second-order valence-electron chi connectivity index (χ2n) is 6.54. The highest BCUT2D eigenvalue weighted by Crippen LogP contribution is 2.26. The molecule has 0 bridgehead atoms. The Morgan fingerprint density at radius 2 is 1.85 bits per heavy atom. The van der Waals surface area contributed by atoms with Crippen LogP contribution in [0.1, 0.15) is 18.4 Å². The molecule has 6 nitrogen and oxygen atoms in total. The van der Waals surface area contributed by atoms with Gasteiger partial charge in [0.2, 0.25) is 15.9 Å². The topological polar surface area (TPSA) is 75.7 Å². The summed E-state index contributed by atoms with van der Waals surface area (Å²) in [5.41, 5.74) is 0.989. The van der Waals surface area contributed by atoms with E-state index in [4.69, 9.17) is 4.74 Å². The van der Waals surface area contributed by atoms with Gasteiger partial charge in [-0.1, -0.05) is 35.9 Å². The molecule has 1 N–H and O–H groups in total. The molecule has 27 heavy (non-hydrogen) atoms. The van der Waals surface area contributed by atoms with Gasteiger partial charge in [-0.15, -0.1) is 0 Å². The van der Waals surface area contributed by atoms with Crippen molar-refractivity contribution in [3.63, 3.8) is 0 Å². The Kier molecular flexibility index (Phi) is 6.13. The third kappa shape index (κ3) is 4.67. The first-order valence-electron chi connectivity index (χ1n) is 9.02. The van der Waals surface area contributed by atoms with Crippen molar-refractivity contribution in [3.8, 4) is 5.75 Å². The SMILES string of the molecule is Cc1ccc(S(=O)(=O)N2CCCC2C(=O)NCCOc2ccccc2)cc1. The smallest absolute Gasteiger partial charge is 0.243 e. The van der Waals surface area contributed by atoms with E-state index in [1.54, 1.807) is 24.3 Å². The van der Waals surface area contributed by atoms with Crippen molar-refractivity contribution >= 4 is 15.9 Å². The molecule has 1 atom stereocenters. The van der Waals surface area contributed by atoms with Crippen molar-refractivity contribution in [2.24, 2.45) is 0 Å². The minimum Gasteiger partial charge on any atom is -0.492 e. The molecule has 7 heteroatoms. The summed E-state index contributed by atoms with van der Waals surface area (Å²) in [5.74, 6) is 0.455. The van der Waals surface area contributed by atoms with E-state index in [1.807, 2.05) is 37.3 Å². The van der Waals surface area contributed by atoms with Crippen LogP contribution in [0.3, 0.4) is 0 Å². The Morgan fingerprint density at radius 1 is 1.15 bits per heavy atom. The number of nitrogens with zero attached hydrogens (tertiary/aromatic N) is 1. The number of benzene rings is 2. The highest BCUT2D eigenvalue weighted by molar-refractivity contribution is 7.89. The quantitative estimate of drug-likeness (QED) is 0.739. The van der Waals surface area contributed by atoms with Crippen molar-refractivity contribution in [1.29, 1.82) is 0 Å². The number of hydrogen-bond donors (Lipinski definition) is 1. The van der Waals surface area contributed by atoms with Gasteiger partial charge in [0.15, 0.2) is 0 Å². The van der Waals surface area contributed by atoms with E-state index in [1.165, 1.54) is 4.31 Å². The zero-order valence-electron chi connectivity index (χ0n) is 15.3. The highest BCUT2D eigenvalue weighted by atomic mass is 32.2. The molecule has 2 aromatic carbocycles. The van der Waals surface area contributed by atoms with Gasteiger partial charge < -0.3 is 10.1 Å². The number of sulfonamides is 1. The van der Waals surface area contributed by atoms with Crippen LogP contribution >= 0.6 is 0 Å².